The van der Waals surface area contributed by atoms with E-state index in [2.05, 4.69) is 6.07 Å². The van der Waals surface area contributed by atoms with Crippen molar-refractivity contribution in [3.8, 4) is 0 Å². The number of hydrogen-bond donors (Lipinski definition) is 0. The number of para-hydroxylation sites is 1. The maximum atomic E-state index is 11.6. The second kappa shape index (κ2) is 2.38. The maximum Gasteiger partial charge on any atom is 0.246 e. The van der Waals surface area contributed by atoms with Crippen LogP contribution in [0.5, 0.6) is 0 Å². The molecule has 0 bridgehead atoms. The van der Waals surface area contributed by atoms with Crippen LogP contribution in [-0.4, -0.2) is 17.5 Å². The van der Waals surface area contributed by atoms with Crippen molar-refractivity contribution >= 4 is 22.5 Å². The number of hydrogen-bond acceptors (Lipinski definition) is 1. The number of carbonyl (C=O) groups excluding carboxylic acids is 1. The Kier molecular flexibility index (Phi) is 1.29. The van der Waals surface area contributed by atoms with Gasteiger partial charge in [-0.2, -0.15) is 0 Å². The molecule has 1 aromatic carbocycles. The van der Waals surface area contributed by atoms with Crippen molar-refractivity contribution in [1.29, 1.82) is 0 Å². The molecule has 1 aliphatic rings. The molecule has 14 heavy (non-hydrogen) atoms. The van der Waals surface area contributed by atoms with Crippen molar-refractivity contribution in [3.05, 3.63) is 30.5 Å². The van der Waals surface area contributed by atoms with E-state index in [-0.39, 0.29) is 5.91 Å². The Morgan fingerprint density at radius 3 is 3.00 bits per heavy atom. The van der Waals surface area contributed by atoms with Crippen molar-refractivity contribution in [2.24, 2.45) is 0 Å². The third-order valence-electron chi connectivity index (χ3n) is 2.81. The van der Waals surface area contributed by atoms with Gasteiger partial charge in [0.2, 0.25) is 5.91 Å². The zero-order valence-electron chi connectivity index (χ0n) is 7.90. The predicted octanol–water partition coefficient (Wildman–Crippen LogP) is 1.62. The zero-order chi connectivity index (χ0) is 9.71. The fourth-order valence-corrected chi connectivity index (χ4v) is 2.03. The second-order valence-corrected chi connectivity index (χ2v) is 3.61. The van der Waals surface area contributed by atoms with Crippen LogP contribution in [0.3, 0.4) is 0 Å². The number of benzene rings is 1. The Balaban J connectivity index is 2.44. The number of aromatic nitrogens is 1. The van der Waals surface area contributed by atoms with E-state index in [9.17, 15) is 4.79 Å². The van der Waals surface area contributed by atoms with Crippen LogP contribution in [-0.2, 0) is 11.3 Å². The summed E-state index contributed by atoms with van der Waals surface area (Å²) in [6, 6.07) is 8.08. The van der Waals surface area contributed by atoms with Gasteiger partial charge in [-0.3, -0.25) is 4.79 Å². The second-order valence-electron chi connectivity index (χ2n) is 3.61. The number of amides is 1. The quantitative estimate of drug-likeness (QED) is 0.613. The summed E-state index contributed by atoms with van der Waals surface area (Å²) < 4.78 is 2.01. The first-order valence-corrected chi connectivity index (χ1v) is 4.62. The minimum atomic E-state index is 0.140. The first kappa shape index (κ1) is 7.62. The lowest BCUT2D eigenvalue weighted by molar-refractivity contribution is -0.119. The molecule has 3 rings (SSSR count). The Bertz CT molecular complexity index is 527. The molecule has 1 aliphatic heterocycles. The third-order valence-corrected chi connectivity index (χ3v) is 2.81. The highest BCUT2D eigenvalue weighted by Gasteiger charge is 2.21. The lowest BCUT2D eigenvalue weighted by Crippen LogP contribution is -2.33. The van der Waals surface area contributed by atoms with Crippen molar-refractivity contribution in [2.75, 3.05) is 11.9 Å². The van der Waals surface area contributed by atoms with E-state index >= 15 is 0 Å². The fraction of sp³-hybridized carbons (Fsp3) is 0.182. The molecule has 1 aromatic heterocycles. The van der Waals surface area contributed by atoms with Gasteiger partial charge >= 0.3 is 0 Å². The molecule has 3 heteroatoms. The Hall–Kier alpha value is -1.77. The number of carbonyl (C=O) groups is 1. The van der Waals surface area contributed by atoms with Gasteiger partial charge in [0.15, 0.2) is 0 Å². The molecule has 0 atom stereocenters. The highest BCUT2D eigenvalue weighted by atomic mass is 16.2. The van der Waals surface area contributed by atoms with Gasteiger partial charge in [-0.1, -0.05) is 12.1 Å². The molecule has 0 aliphatic carbocycles. The number of rotatable bonds is 0. The van der Waals surface area contributed by atoms with Crippen LogP contribution in [0, 0.1) is 0 Å². The SMILES string of the molecule is CN1C(=O)Cn2ccc3cccc1c32. The summed E-state index contributed by atoms with van der Waals surface area (Å²) in [6.45, 7) is 0.455. The van der Waals surface area contributed by atoms with Crippen molar-refractivity contribution < 1.29 is 4.79 Å². The van der Waals surface area contributed by atoms with Crippen LogP contribution in [0.25, 0.3) is 10.9 Å². The molecule has 0 fully saturated rings. The number of anilines is 1. The lowest BCUT2D eigenvalue weighted by atomic mass is 10.2. The summed E-state index contributed by atoms with van der Waals surface area (Å²) in [6.07, 6.45) is 1.97. The summed E-state index contributed by atoms with van der Waals surface area (Å²) in [7, 11) is 1.83. The van der Waals surface area contributed by atoms with Gasteiger partial charge < -0.3 is 9.47 Å². The molecule has 0 unspecified atom stereocenters. The molecule has 2 aromatic rings. The standard InChI is InChI=1S/C11H10N2O/c1-12-9-4-2-3-8-5-6-13(11(8)9)7-10(12)14/h2-6H,7H2,1H3. The molecule has 0 saturated heterocycles. The van der Waals surface area contributed by atoms with Gasteiger partial charge in [0, 0.05) is 18.6 Å². The molecule has 0 N–H and O–H groups in total. The summed E-state index contributed by atoms with van der Waals surface area (Å²) in [4.78, 5) is 13.3. The Morgan fingerprint density at radius 2 is 2.14 bits per heavy atom. The molecule has 1 amide bonds. The van der Waals surface area contributed by atoms with Crippen molar-refractivity contribution in [3.63, 3.8) is 0 Å². The number of likely N-dealkylation sites (N-methyl/N-ethyl adjacent to an activating group) is 1. The van der Waals surface area contributed by atoms with Gasteiger partial charge in [-0.15, -0.1) is 0 Å². The van der Waals surface area contributed by atoms with Crippen LogP contribution in [0.4, 0.5) is 5.69 Å². The molecule has 0 spiro atoms. The molecular formula is C11H10N2O. The van der Waals surface area contributed by atoms with Crippen LogP contribution in [0.15, 0.2) is 30.5 Å². The van der Waals surface area contributed by atoms with Gasteiger partial charge in [0.1, 0.15) is 6.54 Å². The van der Waals surface area contributed by atoms with Crippen LogP contribution >= 0.6 is 0 Å². The van der Waals surface area contributed by atoms with E-state index in [0.717, 1.165) is 11.2 Å². The molecule has 0 saturated carbocycles. The highest BCUT2D eigenvalue weighted by Crippen LogP contribution is 2.30. The molecular weight excluding hydrogens is 176 g/mol. The summed E-state index contributed by atoms with van der Waals surface area (Å²) in [5.41, 5.74) is 2.17. The predicted molar refractivity (Wildman–Crippen MR) is 55.3 cm³/mol. The average Bonchev–Trinajstić information content (AvgIpc) is 2.59. The lowest BCUT2D eigenvalue weighted by Gasteiger charge is -2.24. The first-order chi connectivity index (χ1) is 6.77. The first-order valence-electron chi connectivity index (χ1n) is 4.62. The van der Waals surface area contributed by atoms with Gasteiger partial charge in [-0.25, -0.2) is 0 Å². The molecule has 3 nitrogen and oxygen atoms in total. The monoisotopic (exact) mass is 186 g/mol. The van der Waals surface area contributed by atoms with Gasteiger partial charge in [-0.05, 0) is 12.1 Å². The van der Waals surface area contributed by atoms with E-state index in [1.54, 1.807) is 4.90 Å². The smallest absolute Gasteiger partial charge is 0.246 e. The minimum absolute atomic E-state index is 0.140. The normalized spacial score (nSPS) is 15.2. The van der Waals surface area contributed by atoms with Crippen molar-refractivity contribution in [1.82, 2.24) is 4.57 Å². The number of nitrogens with zero attached hydrogens (tertiary/aromatic N) is 2. The van der Waals surface area contributed by atoms with Crippen LogP contribution in [0.1, 0.15) is 0 Å². The summed E-state index contributed by atoms with van der Waals surface area (Å²) in [5, 5.41) is 1.20. The topological polar surface area (TPSA) is 25.2 Å². The van der Waals surface area contributed by atoms with E-state index in [0.29, 0.717) is 6.54 Å². The van der Waals surface area contributed by atoms with Crippen LogP contribution in [0.2, 0.25) is 0 Å². The van der Waals surface area contributed by atoms with E-state index in [1.807, 2.05) is 36.0 Å². The zero-order valence-corrected chi connectivity index (χ0v) is 7.90. The van der Waals surface area contributed by atoms with E-state index < -0.39 is 0 Å². The fourth-order valence-electron chi connectivity index (χ4n) is 2.03. The van der Waals surface area contributed by atoms with E-state index in [1.165, 1.54) is 5.39 Å². The Morgan fingerprint density at radius 1 is 1.29 bits per heavy atom. The van der Waals surface area contributed by atoms with Crippen molar-refractivity contribution in [2.45, 2.75) is 6.54 Å². The maximum absolute atomic E-state index is 11.6. The highest BCUT2D eigenvalue weighted by molar-refractivity contribution is 6.05. The largest absolute Gasteiger partial charge is 0.336 e. The van der Waals surface area contributed by atoms with Gasteiger partial charge in [0.25, 0.3) is 0 Å². The summed E-state index contributed by atoms with van der Waals surface area (Å²) >= 11 is 0. The van der Waals surface area contributed by atoms with E-state index in [4.69, 9.17) is 0 Å². The average molecular weight is 186 g/mol. The third kappa shape index (κ3) is 0.789. The molecule has 2 heterocycles. The molecule has 70 valence electrons. The van der Waals surface area contributed by atoms with Gasteiger partial charge in [0.05, 0.1) is 11.2 Å². The Labute approximate surface area is 81.5 Å². The molecule has 0 radical (unpaired) electrons. The summed E-state index contributed by atoms with van der Waals surface area (Å²) in [5.74, 6) is 0.140. The minimum Gasteiger partial charge on any atom is -0.336 e. The van der Waals surface area contributed by atoms with Crippen LogP contribution < -0.4 is 4.90 Å².